The fraction of sp³-hybridized carbons (Fsp3) is 0.421. The zero-order chi connectivity index (χ0) is 18.3. The molecule has 26 heavy (non-hydrogen) atoms. The van der Waals surface area contributed by atoms with Gasteiger partial charge in [0.25, 0.3) is 5.91 Å². The standard InChI is InChI=1S/C19H22N2O4S/c1-14-16(7-10-25-14)19(22)21-9-8-20(11-15-5-3-2-4-6-15)17-12-26(23,24)13-18(17)21/h2-7,10,17-18H,8-9,11-13H2,1H3/t17-,18+/m1/s1. The van der Waals surface area contributed by atoms with E-state index in [1.54, 1.807) is 17.9 Å². The van der Waals surface area contributed by atoms with Gasteiger partial charge in [0.1, 0.15) is 5.76 Å². The van der Waals surface area contributed by atoms with Crippen LogP contribution in [0.5, 0.6) is 0 Å². The molecule has 2 saturated heterocycles. The summed E-state index contributed by atoms with van der Waals surface area (Å²) in [5.41, 5.74) is 1.67. The average Bonchev–Trinajstić information content (AvgIpc) is 3.17. The van der Waals surface area contributed by atoms with Crippen molar-refractivity contribution in [2.24, 2.45) is 0 Å². The Morgan fingerprint density at radius 3 is 2.54 bits per heavy atom. The number of piperazine rings is 1. The van der Waals surface area contributed by atoms with Gasteiger partial charge in [-0.25, -0.2) is 8.42 Å². The normalized spacial score (nSPS) is 25.2. The number of furan rings is 1. The summed E-state index contributed by atoms with van der Waals surface area (Å²) in [5, 5.41) is 0. The molecular formula is C19H22N2O4S. The Labute approximate surface area is 153 Å². The number of hydrogen-bond acceptors (Lipinski definition) is 5. The van der Waals surface area contributed by atoms with Crippen molar-refractivity contribution in [3.63, 3.8) is 0 Å². The summed E-state index contributed by atoms with van der Waals surface area (Å²) in [5.74, 6) is 0.575. The Morgan fingerprint density at radius 1 is 1.12 bits per heavy atom. The van der Waals surface area contributed by atoms with E-state index >= 15 is 0 Å². The van der Waals surface area contributed by atoms with Crippen LogP contribution < -0.4 is 0 Å². The van der Waals surface area contributed by atoms with Gasteiger partial charge < -0.3 is 9.32 Å². The van der Waals surface area contributed by atoms with Crippen molar-refractivity contribution >= 4 is 15.7 Å². The van der Waals surface area contributed by atoms with E-state index in [-0.39, 0.29) is 29.5 Å². The molecule has 1 aromatic carbocycles. The van der Waals surface area contributed by atoms with Gasteiger partial charge in [-0.05, 0) is 18.6 Å². The summed E-state index contributed by atoms with van der Waals surface area (Å²) in [6.45, 7) is 3.63. The lowest BCUT2D eigenvalue weighted by Crippen LogP contribution is -2.60. The first kappa shape index (κ1) is 17.3. The summed E-state index contributed by atoms with van der Waals surface area (Å²) < 4.78 is 29.9. The van der Waals surface area contributed by atoms with Crippen molar-refractivity contribution in [1.82, 2.24) is 9.80 Å². The zero-order valence-corrected chi connectivity index (χ0v) is 15.5. The third kappa shape index (κ3) is 3.17. The summed E-state index contributed by atoms with van der Waals surface area (Å²) in [4.78, 5) is 16.9. The maximum Gasteiger partial charge on any atom is 0.257 e. The molecule has 0 unspecified atom stereocenters. The molecule has 0 bridgehead atoms. The molecule has 2 aromatic rings. The molecule has 1 amide bonds. The third-order valence-electron chi connectivity index (χ3n) is 5.37. The fourth-order valence-corrected chi connectivity index (χ4v) is 6.06. The molecule has 2 fully saturated rings. The summed E-state index contributed by atoms with van der Waals surface area (Å²) in [6.07, 6.45) is 1.50. The molecule has 1 aromatic heterocycles. The summed E-state index contributed by atoms with van der Waals surface area (Å²) in [7, 11) is -3.16. The minimum atomic E-state index is -3.16. The van der Waals surface area contributed by atoms with E-state index in [1.165, 1.54) is 6.26 Å². The number of benzene rings is 1. The number of nitrogens with zero attached hydrogens (tertiary/aromatic N) is 2. The van der Waals surface area contributed by atoms with Crippen LogP contribution in [0.2, 0.25) is 0 Å². The van der Waals surface area contributed by atoms with E-state index in [2.05, 4.69) is 4.90 Å². The van der Waals surface area contributed by atoms with Crippen molar-refractivity contribution in [3.05, 3.63) is 59.5 Å². The number of carbonyl (C=O) groups is 1. The lowest BCUT2D eigenvalue weighted by Gasteiger charge is -2.44. The molecule has 6 nitrogen and oxygen atoms in total. The van der Waals surface area contributed by atoms with Crippen LogP contribution in [0.25, 0.3) is 0 Å². The van der Waals surface area contributed by atoms with Crippen molar-refractivity contribution in [1.29, 1.82) is 0 Å². The van der Waals surface area contributed by atoms with Crippen LogP contribution in [0.1, 0.15) is 21.7 Å². The van der Waals surface area contributed by atoms with E-state index in [0.717, 1.165) is 5.56 Å². The lowest BCUT2D eigenvalue weighted by atomic mass is 10.0. The van der Waals surface area contributed by atoms with Crippen LogP contribution in [0.15, 0.2) is 47.1 Å². The number of fused-ring (bicyclic) bond motifs is 1. The Morgan fingerprint density at radius 2 is 1.85 bits per heavy atom. The first-order valence-corrected chi connectivity index (χ1v) is 10.6. The molecule has 138 valence electrons. The molecule has 4 rings (SSSR count). The van der Waals surface area contributed by atoms with Gasteiger partial charge in [0, 0.05) is 25.7 Å². The monoisotopic (exact) mass is 374 g/mol. The average molecular weight is 374 g/mol. The van der Waals surface area contributed by atoms with Crippen LogP contribution in [0.3, 0.4) is 0 Å². The first-order chi connectivity index (χ1) is 12.4. The Hall–Kier alpha value is -2.12. The number of hydrogen-bond donors (Lipinski definition) is 0. The second-order valence-corrected chi connectivity index (χ2v) is 9.21. The zero-order valence-electron chi connectivity index (χ0n) is 14.7. The Bertz CT molecular complexity index is 907. The molecule has 2 atom stereocenters. The molecular weight excluding hydrogens is 352 g/mol. The van der Waals surface area contributed by atoms with Crippen LogP contribution in [0.4, 0.5) is 0 Å². The quantitative estimate of drug-likeness (QED) is 0.818. The largest absolute Gasteiger partial charge is 0.469 e. The van der Waals surface area contributed by atoms with Gasteiger partial charge in [-0.3, -0.25) is 9.69 Å². The first-order valence-electron chi connectivity index (χ1n) is 8.78. The van der Waals surface area contributed by atoms with Gasteiger partial charge in [-0.1, -0.05) is 30.3 Å². The maximum absolute atomic E-state index is 13.0. The Kier molecular flexibility index (Phi) is 4.36. The number of carbonyl (C=O) groups excluding carboxylic acids is 1. The van der Waals surface area contributed by atoms with Gasteiger partial charge in [0.15, 0.2) is 9.84 Å². The number of amides is 1. The van der Waals surface area contributed by atoms with Crippen molar-refractivity contribution in [2.45, 2.75) is 25.6 Å². The van der Waals surface area contributed by atoms with E-state index in [0.29, 0.717) is 31.0 Å². The number of aryl methyl sites for hydroxylation is 1. The highest BCUT2D eigenvalue weighted by atomic mass is 32.2. The number of rotatable bonds is 3. The van der Waals surface area contributed by atoms with E-state index in [9.17, 15) is 13.2 Å². The van der Waals surface area contributed by atoms with Crippen LogP contribution in [0, 0.1) is 6.92 Å². The van der Waals surface area contributed by atoms with Gasteiger partial charge in [-0.2, -0.15) is 0 Å². The minimum absolute atomic E-state index is 0.0333. The SMILES string of the molecule is Cc1occc1C(=O)N1CCN(Cc2ccccc2)[C@@H]2CS(=O)(=O)C[C@@H]21. The van der Waals surface area contributed by atoms with Crippen LogP contribution in [-0.2, 0) is 16.4 Å². The van der Waals surface area contributed by atoms with Crippen LogP contribution in [-0.4, -0.2) is 60.8 Å². The van der Waals surface area contributed by atoms with E-state index in [4.69, 9.17) is 4.42 Å². The van der Waals surface area contributed by atoms with Gasteiger partial charge >= 0.3 is 0 Å². The van der Waals surface area contributed by atoms with Crippen molar-refractivity contribution < 1.29 is 17.6 Å². The minimum Gasteiger partial charge on any atom is -0.469 e. The van der Waals surface area contributed by atoms with Gasteiger partial charge in [-0.15, -0.1) is 0 Å². The van der Waals surface area contributed by atoms with E-state index < -0.39 is 9.84 Å². The second kappa shape index (κ2) is 6.55. The van der Waals surface area contributed by atoms with E-state index in [1.807, 2.05) is 30.3 Å². The molecule has 2 aliphatic rings. The molecule has 7 heteroatoms. The molecule has 3 heterocycles. The predicted molar refractivity (Wildman–Crippen MR) is 97.6 cm³/mol. The summed E-state index contributed by atoms with van der Waals surface area (Å²) in [6, 6.07) is 11.2. The molecule has 0 aliphatic carbocycles. The van der Waals surface area contributed by atoms with Crippen molar-refractivity contribution in [2.75, 3.05) is 24.6 Å². The van der Waals surface area contributed by atoms with Crippen LogP contribution >= 0.6 is 0 Å². The Balaban J connectivity index is 1.60. The van der Waals surface area contributed by atoms with Crippen molar-refractivity contribution in [3.8, 4) is 0 Å². The third-order valence-corrected chi connectivity index (χ3v) is 7.07. The molecule has 0 N–H and O–H groups in total. The lowest BCUT2D eigenvalue weighted by molar-refractivity contribution is 0.0305. The maximum atomic E-state index is 13.0. The fourth-order valence-electron chi connectivity index (χ4n) is 4.05. The van der Waals surface area contributed by atoms with Gasteiger partial charge in [0.05, 0.1) is 29.4 Å². The molecule has 0 radical (unpaired) electrons. The smallest absolute Gasteiger partial charge is 0.257 e. The predicted octanol–water partition coefficient (Wildman–Crippen LogP) is 1.71. The topological polar surface area (TPSA) is 70.8 Å². The van der Waals surface area contributed by atoms with Gasteiger partial charge in [0.2, 0.25) is 0 Å². The number of sulfone groups is 1. The highest BCUT2D eigenvalue weighted by molar-refractivity contribution is 7.91. The molecule has 0 spiro atoms. The second-order valence-electron chi connectivity index (χ2n) is 7.06. The summed E-state index contributed by atoms with van der Waals surface area (Å²) >= 11 is 0. The highest BCUT2D eigenvalue weighted by Gasteiger charge is 2.48. The molecule has 0 saturated carbocycles. The highest BCUT2D eigenvalue weighted by Crippen LogP contribution is 2.29. The molecule has 2 aliphatic heterocycles.